The van der Waals surface area contributed by atoms with Crippen molar-refractivity contribution in [3.63, 3.8) is 0 Å². The molecule has 112 valence electrons. The van der Waals surface area contributed by atoms with E-state index in [-0.39, 0.29) is 23.6 Å². The van der Waals surface area contributed by atoms with Crippen LogP contribution in [0.1, 0.15) is 12.8 Å². The molecular formula is C12H13N3O5S. The molecule has 2 N–H and O–H groups in total. The van der Waals surface area contributed by atoms with Crippen LogP contribution >= 0.6 is 12.2 Å². The number of hydrogen-bond acceptors (Lipinski definition) is 6. The van der Waals surface area contributed by atoms with Gasteiger partial charge in [-0.25, -0.2) is 0 Å². The lowest BCUT2D eigenvalue weighted by molar-refractivity contribution is -0.384. The van der Waals surface area contributed by atoms with Gasteiger partial charge in [0.2, 0.25) is 5.91 Å². The zero-order chi connectivity index (χ0) is 15.8. The first-order valence-corrected chi connectivity index (χ1v) is 6.25. The number of methoxy groups -OCH3 is 1. The van der Waals surface area contributed by atoms with Crippen LogP contribution in [0.25, 0.3) is 0 Å². The van der Waals surface area contributed by atoms with Crippen molar-refractivity contribution >= 4 is 40.6 Å². The van der Waals surface area contributed by atoms with Gasteiger partial charge in [-0.3, -0.25) is 19.7 Å². The third-order valence-corrected chi connectivity index (χ3v) is 2.58. The highest BCUT2D eigenvalue weighted by molar-refractivity contribution is 7.80. The molecule has 0 aliphatic rings. The van der Waals surface area contributed by atoms with E-state index >= 15 is 0 Å². The van der Waals surface area contributed by atoms with Gasteiger partial charge in [0.1, 0.15) is 0 Å². The van der Waals surface area contributed by atoms with E-state index in [0.717, 1.165) is 0 Å². The largest absolute Gasteiger partial charge is 0.469 e. The van der Waals surface area contributed by atoms with Gasteiger partial charge in [-0.15, -0.1) is 0 Å². The van der Waals surface area contributed by atoms with Crippen LogP contribution in [-0.4, -0.2) is 29.0 Å². The molecule has 0 bridgehead atoms. The maximum absolute atomic E-state index is 11.5. The summed E-state index contributed by atoms with van der Waals surface area (Å²) < 4.78 is 4.41. The molecule has 0 unspecified atom stereocenters. The minimum atomic E-state index is -0.517. The molecule has 0 aromatic heterocycles. The molecule has 1 amide bonds. The van der Waals surface area contributed by atoms with Crippen molar-refractivity contribution in [3.05, 3.63) is 34.4 Å². The molecule has 0 saturated carbocycles. The van der Waals surface area contributed by atoms with Crippen LogP contribution in [0.5, 0.6) is 0 Å². The number of thiocarbonyl (C=S) groups is 1. The summed E-state index contributed by atoms with van der Waals surface area (Å²) in [6.07, 6.45) is -0.0861. The molecular weight excluding hydrogens is 298 g/mol. The summed E-state index contributed by atoms with van der Waals surface area (Å²) in [7, 11) is 1.24. The molecule has 0 aliphatic heterocycles. The number of carbonyl (C=O) groups is 2. The Morgan fingerprint density at radius 2 is 1.90 bits per heavy atom. The predicted molar refractivity (Wildman–Crippen MR) is 78.7 cm³/mol. The Morgan fingerprint density at radius 1 is 1.29 bits per heavy atom. The van der Waals surface area contributed by atoms with Crippen molar-refractivity contribution in [1.29, 1.82) is 0 Å². The molecule has 1 rings (SSSR count). The van der Waals surface area contributed by atoms with Gasteiger partial charge in [0.05, 0.1) is 18.5 Å². The number of esters is 1. The molecule has 0 aliphatic carbocycles. The highest BCUT2D eigenvalue weighted by atomic mass is 32.1. The Morgan fingerprint density at radius 3 is 2.43 bits per heavy atom. The molecule has 0 heterocycles. The molecule has 1 aromatic carbocycles. The number of rotatable bonds is 5. The second kappa shape index (κ2) is 7.90. The third kappa shape index (κ3) is 5.95. The van der Waals surface area contributed by atoms with E-state index in [1.54, 1.807) is 0 Å². The fraction of sp³-hybridized carbons (Fsp3) is 0.250. The van der Waals surface area contributed by atoms with Crippen molar-refractivity contribution in [2.24, 2.45) is 0 Å². The van der Waals surface area contributed by atoms with E-state index in [2.05, 4.69) is 15.4 Å². The summed E-state index contributed by atoms with van der Waals surface area (Å²) in [4.78, 5) is 32.3. The molecule has 1 aromatic rings. The number of non-ortho nitro benzene ring substituents is 1. The highest BCUT2D eigenvalue weighted by Gasteiger charge is 2.09. The van der Waals surface area contributed by atoms with Crippen molar-refractivity contribution in [3.8, 4) is 0 Å². The topological polar surface area (TPSA) is 111 Å². The van der Waals surface area contributed by atoms with E-state index in [4.69, 9.17) is 12.2 Å². The Hall–Kier alpha value is -2.55. The van der Waals surface area contributed by atoms with Gasteiger partial charge in [0.25, 0.3) is 5.69 Å². The van der Waals surface area contributed by atoms with Gasteiger partial charge in [-0.05, 0) is 24.4 Å². The average molecular weight is 311 g/mol. The van der Waals surface area contributed by atoms with Gasteiger partial charge >= 0.3 is 5.97 Å². The Balaban J connectivity index is 2.44. The summed E-state index contributed by atoms with van der Waals surface area (Å²) >= 11 is 4.91. The normalized spacial score (nSPS) is 9.57. The number of nitrogens with one attached hydrogen (secondary N) is 2. The van der Waals surface area contributed by atoms with E-state index in [1.807, 2.05) is 0 Å². The zero-order valence-electron chi connectivity index (χ0n) is 11.1. The van der Waals surface area contributed by atoms with Crippen molar-refractivity contribution in [1.82, 2.24) is 5.32 Å². The van der Waals surface area contributed by atoms with Crippen LogP contribution in [0.15, 0.2) is 24.3 Å². The van der Waals surface area contributed by atoms with E-state index in [1.165, 1.54) is 31.4 Å². The Kier molecular flexibility index (Phi) is 6.21. The van der Waals surface area contributed by atoms with Crippen LogP contribution in [0.2, 0.25) is 0 Å². The Bertz CT molecular complexity index is 559. The fourth-order valence-corrected chi connectivity index (χ4v) is 1.57. The summed E-state index contributed by atoms with van der Waals surface area (Å²) in [6, 6.07) is 5.55. The number of benzene rings is 1. The van der Waals surface area contributed by atoms with Crippen LogP contribution in [0.3, 0.4) is 0 Å². The highest BCUT2D eigenvalue weighted by Crippen LogP contribution is 2.15. The van der Waals surface area contributed by atoms with Gasteiger partial charge in [-0.2, -0.15) is 0 Å². The predicted octanol–water partition coefficient (Wildman–Crippen LogP) is 1.36. The lowest BCUT2D eigenvalue weighted by atomic mass is 10.3. The van der Waals surface area contributed by atoms with Crippen molar-refractivity contribution < 1.29 is 19.2 Å². The minimum Gasteiger partial charge on any atom is -0.469 e. The first-order valence-electron chi connectivity index (χ1n) is 5.84. The second-order valence-corrected chi connectivity index (χ2v) is 4.29. The van der Waals surface area contributed by atoms with Crippen LogP contribution in [-0.2, 0) is 14.3 Å². The summed E-state index contributed by atoms with van der Waals surface area (Å²) in [5.74, 6) is -0.917. The lowest BCUT2D eigenvalue weighted by Crippen LogP contribution is -2.34. The first kappa shape index (κ1) is 16.5. The van der Waals surface area contributed by atoms with Gasteiger partial charge < -0.3 is 15.4 Å². The van der Waals surface area contributed by atoms with E-state index < -0.39 is 16.8 Å². The molecule has 0 spiro atoms. The molecule has 9 heteroatoms. The quantitative estimate of drug-likeness (QED) is 0.365. The summed E-state index contributed by atoms with van der Waals surface area (Å²) in [5, 5.41) is 15.6. The number of anilines is 1. The lowest BCUT2D eigenvalue weighted by Gasteiger charge is -2.09. The number of nitrogens with zero attached hydrogens (tertiary/aromatic N) is 1. The zero-order valence-corrected chi connectivity index (χ0v) is 11.9. The Labute approximate surface area is 125 Å². The third-order valence-electron chi connectivity index (χ3n) is 2.37. The first-order chi connectivity index (χ1) is 9.92. The molecule has 0 saturated heterocycles. The molecule has 8 nitrogen and oxygen atoms in total. The van der Waals surface area contributed by atoms with Crippen LogP contribution < -0.4 is 10.6 Å². The fourth-order valence-electron chi connectivity index (χ4n) is 1.34. The molecule has 0 atom stereocenters. The molecule has 21 heavy (non-hydrogen) atoms. The summed E-state index contributed by atoms with van der Waals surface area (Å²) in [6.45, 7) is 0. The number of amides is 1. The standard InChI is InChI=1S/C12H13N3O5S/c1-20-11(17)7-6-10(16)14-12(21)13-8-2-4-9(5-3-8)15(18)19/h2-5H,6-7H2,1H3,(H2,13,14,16,21). The van der Waals surface area contributed by atoms with Crippen molar-refractivity contribution in [2.45, 2.75) is 12.8 Å². The number of ether oxygens (including phenoxy) is 1. The van der Waals surface area contributed by atoms with Gasteiger partial charge in [-0.1, -0.05) is 0 Å². The number of nitro benzene ring substituents is 1. The van der Waals surface area contributed by atoms with E-state index in [9.17, 15) is 19.7 Å². The average Bonchev–Trinajstić information content (AvgIpc) is 2.45. The minimum absolute atomic E-state index is 0.0392. The number of nitro groups is 1. The van der Waals surface area contributed by atoms with E-state index in [0.29, 0.717) is 5.69 Å². The monoisotopic (exact) mass is 311 g/mol. The van der Waals surface area contributed by atoms with Gasteiger partial charge in [0.15, 0.2) is 5.11 Å². The maximum Gasteiger partial charge on any atom is 0.306 e. The van der Waals surface area contributed by atoms with Crippen molar-refractivity contribution in [2.75, 3.05) is 12.4 Å². The molecule has 0 fully saturated rings. The summed E-state index contributed by atoms with van der Waals surface area (Å²) in [5.41, 5.74) is 0.451. The van der Waals surface area contributed by atoms with Crippen LogP contribution in [0, 0.1) is 10.1 Å². The second-order valence-electron chi connectivity index (χ2n) is 3.88. The van der Waals surface area contributed by atoms with Crippen LogP contribution in [0.4, 0.5) is 11.4 Å². The number of carbonyl (C=O) groups excluding carboxylic acids is 2. The molecule has 0 radical (unpaired) electrons. The van der Waals surface area contributed by atoms with Gasteiger partial charge in [0, 0.05) is 24.2 Å². The SMILES string of the molecule is COC(=O)CCC(=O)NC(=S)Nc1ccc([N+](=O)[O-])cc1. The maximum atomic E-state index is 11.5. The smallest absolute Gasteiger partial charge is 0.306 e. The number of hydrogen-bond donors (Lipinski definition) is 2.